The molecule has 0 spiro atoms. The summed E-state index contributed by atoms with van der Waals surface area (Å²) in [5, 5.41) is 13.0. The molecular formula is C38H24. The number of hydrogen-bond donors (Lipinski definition) is 0. The lowest BCUT2D eigenvalue weighted by atomic mass is 9.91. The van der Waals surface area contributed by atoms with Gasteiger partial charge in [0.2, 0.25) is 0 Å². The second-order valence-electron chi connectivity index (χ2n) is 10.3. The lowest BCUT2D eigenvalue weighted by molar-refractivity contribution is 1.67. The van der Waals surface area contributed by atoms with Crippen LogP contribution in [0.3, 0.4) is 0 Å². The standard InChI is InChI=1S/C38H24/c1-2-5-30-20-25(10-12-27(30)4-1)8-9-26-11-13-32-22-33(17-16-31(32)21-26)36-23-34-18-14-28-6-3-7-29-15-19-35(24-36)38(34)37(28)29/h1-24H/b9-8+. The molecule has 0 atom stereocenters. The lowest BCUT2D eigenvalue weighted by Crippen LogP contribution is -1.86. The highest BCUT2D eigenvalue weighted by Crippen LogP contribution is 2.37. The average Bonchev–Trinajstić information content (AvgIpc) is 2.98. The van der Waals surface area contributed by atoms with Crippen LogP contribution in [0.4, 0.5) is 0 Å². The maximum atomic E-state index is 2.34. The molecule has 0 amide bonds. The van der Waals surface area contributed by atoms with Crippen molar-refractivity contribution in [2.75, 3.05) is 0 Å². The molecule has 8 aromatic rings. The fraction of sp³-hybridized carbons (Fsp3) is 0. The predicted octanol–water partition coefficient (Wildman–Crippen LogP) is 10.7. The minimum Gasteiger partial charge on any atom is -0.0616 e. The molecule has 0 heteroatoms. The number of rotatable bonds is 3. The summed E-state index contributed by atoms with van der Waals surface area (Å²) in [5.41, 5.74) is 4.94. The summed E-state index contributed by atoms with van der Waals surface area (Å²) in [6, 6.07) is 49.0. The highest BCUT2D eigenvalue weighted by Gasteiger charge is 2.10. The zero-order chi connectivity index (χ0) is 25.1. The normalized spacial score (nSPS) is 12.1. The first-order valence-electron chi connectivity index (χ1n) is 13.2. The molecule has 38 heavy (non-hydrogen) atoms. The fourth-order valence-electron chi connectivity index (χ4n) is 5.97. The molecule has 0 N–H and O–H groups in total. The first kappa shape index (κ1) is 21.2. The van der Waals surface area contributed by atoms with Crippen LogP contribution in [0.2, 0.25) is 0 Å². The predicted molar refractivity (Wildman–Crippen MR) is 166 cm³/mol. The Morgan fingerprint density at radius 1 is 0.289 bits per heavy atom. The van der Waals surface area contributed by atoms with Gasteiger partial charge in [-0.05, 0) is 106 Å². The van der Waals surface area contributed by atoms with Gasteiger partial charge >= 0.3 is 0 Å². The van der Waals surface area contributed by atoms with Crippen molar-refractivity contribution in [1.29, 1.82) is 0 Å². The van der Waals surface area contributed by atoms with Crippen LogP contribution in [0, 0.1) is 0 Å². The fourth-order valence-corrected chi connectivity index (χ4v) is 5.97. The molecule has 0 fully saturated rings. The first-order valence-corrected chi connectivity index (χ1v) is 13.2. The smallest absolute Gasteiger partial charge is 0.00264 e. The minimum absolute atomic E-state index is 1.21. The van der Waals surface area contributed by atoms with Crippen LogP contribution in [-0.2, 0) is 0 Å². The van der Waals surface area contributed by atoms with E-state index in [1.807, 2.05) is 0 Å². The molecule has 8 aromatic carbocycles. The van der Waals surface area contributed by atoms with Gasteiger partial charge in [-0.1, -0.05) is 115 Å². The van der Waals surface area contributed by atoms with Gasteiger partial charge in [-0.15, -0.1) is 0 Å². The number of hydrogen-bond acceptors (Lipinski definition) is 0. The molecule has 0 aromatic heterocycles. The largest absolute Gasteiger partial charge is 0.0616 e. The van der Waals surface area contributed by atoms with Gasteiger partial charge in [0.15, 0.2) is 0 Å². The lowest BCUT2D eigenvalue weighted by Gasteiger charge is -2.13. The summed E-state index contributed by atoms with van der Waals surface area (Å²) in [6.45, 7) is 0. The SMILES string of the molecule is C(=C\c1ccc2cc(-c3cc4ccc5cccc6ccc(c3)c4c56)ccc2c1)/c1ccc2ccccc2c1. The van der Waals surface area contributed by atoms with Crippen molar-refractivity contribution in [3.05, 3.63) is 145 Å². The van der Waals surface area contributed by atoms with Crippen molar-refractivity contribution in [1.82, 2.24) is 0 Å². The van der Waals surface area contributed by atoms with Gasteiger partial charge in [-0.3, -0.25) is 0 Å². The van der Waals surface area contributed by atoms with Gasteiger partial charge in [0.05, 0.1) is 0 Å². The van der Waals surface area contributed by atoms with Crippen LogP contribution in [0.15, 0.2) is 133 Å². The van der Waals surface area contributed by atoms with Gasteiger partial charge in [-0.25, -0.2) is 0 Å². The Balaban J connectivity index is 1.16. The van der Waals surface area contributed by atoms with Gasteiger partial charge in [0.25, 0.3) is 0 Å². The van der Waals surface area contributed by atoms with Crippen molar-refractivity contribution in [2.24, 2.45) is 0 Å². The Morgan fingerprint density at radius 2 is 0.737 bits per heavy atom. The summed E-state index contributed by atoms with van der Waals surface area (Å²) in [7, 11) is 0. The van der Waals surface area contributed by atoms with Crippen molar-refractivity contribution in [3.8, 4) is 11.1 Å². The highest BCUT2D eigenvalue weighted by atomic mass is 14.1. The van der Waals surface area contributed by atoms with Crippen LogP contribution in [0.5, 0.6) is 0 Å². The first-order chi connectivity index (χ1) is 18.8. The Labute approximate surface area is 221 Å². The summed E-state index contributed by atoms with van der Waals surface area (Å²) >= 11 is 0. The Kier molecular flexibility index (Phi) is 4.62. The van der Waals surface area contributed by atoms with Crippen LogP contribution in [0.1, 0.15) is 11.1 Å². The summed E-state index contributed by atoms with van der Waals surface area (Å²) in [4.78, 5) is 0. The van der Waals surface area contributed by atoms with Crippen molar-refractivity contribution in [2.45, 2.75) is 0 Å². The third-order valence-electron chi connectivity index (χ3n) is 7.90. The van der Waals surface area contributed by atoms with Crippen LogP contribution >= 0.6 is 0 Å². The quantitative estimate of drug-likeness (QED) is 0.174. The summed E-state index contributed by atoms with van der Waals surface area (Å²) < 4.78 is 0. The van der Waals surface area contributed by atoms with Crippen molar-refractivity contribution < 1.29 is 0 Å². The molecule has 0 aliphatic carbocycles. The van der Waals surface area contributed by atoms with E-state index in [1.54, 1.807) is 0 Å². The second-order valence-corrected chi connectivity index (χ2v) is 10.3. The zero-order valence-electron chi connectivity index (χ0n) is 20.9. The van der Waals surface area contributed by atoms with E-state index in [2.05, 4.69) is 146 Å². The molecule has 0 saturated heterocycles. The molecule has 0 aliphatic heterocycles. The van der Waals surface area contributed by atoms with E-state index in [-0.39, 0.29) is 0 Å². The van der Waals surface area contributed by atoms with E-state index in [0.29, 0.717) is 0 Å². The van der Waals surface area contributed by atoms with E-state index < -0.39 is 0 Å². The van der Waals surface area contributed by atoms with E-state index in [0.717, 1.165) is 0 Å². The van der Waals surface area contributed by atoms with E-state index >= 15 is 0 Å². The molecule has 0 heterocycles. The molecule has 0 nitrogen and oxygen atoms in total. The maximum Gasteiger partial charge on any atom is -0.00264 e. The Bertz CT molecular complexity index is 2110. The van der Waals surface area contributed by atoms with E-state index in [9.17, 15) is 0 Å². The maximum absolute atomic E-state index is 2.34. The van der Waals surface area contributed by atoms with Crippen LogP contribution in [-0.4, -0.2) is 0 Å². The molecular weight excluding hydrogens is 456 g/mol. The van der Waals surface area contributed by atoms with Gasteiger partial charge < -0.3 is 0 Å². The second kappa shape index (κ2) is 8.30. The van der Waals surface area contributed by atoms with Gasteiger partial charge in [0, 0.05) is 0 Å². The average molecular weight is 481 g/mol. The summed E-state index contributed by atoms with van der Waals surface area (Å²) in [5.74, 6) is 0. The monoisotopic (exact) mass is 480 g/mol. The topological polar surface area (TPSA) is 0 Å². The Morgan fingerprint density at radius 3 is 1.45 bits per heavy atom. The molecule has 0 aliphatic rings. The minimum atomic E-state index is 1.21. The molecule has 0 radical (unpaired) electrons. The van der Waals surface area contributed by atoms with Crippen LogP contribution in [0.25, 0.3) is 77.1 Å². The highest BCUT2D eigenvalue weighted by molar-refractivity contribution is 6.23. The van der Waals surface area contributed by atoms with Crippen molar-refractivity contribution >= 4 is 66.0 Å². The molecule has 0 unspecified atom stereocenters. The molecule has 176 valence electrons. The summed E-state index contributed by atoms with van der Waals surface area (Å²) in [6.07, 6.45) is 4.40. The van der Waals surface area contributed by atoms with Gasteiger partial charge in [0.1, 0.15) is 0 Å². The van der Waals surface area contributed by atoms with E-state index in [4.69, 9.17) is 0 Å². The van der Waals surface area contributed by atoms with Crippen molar-refractivity contribution in [3.63, 3.8) is 0 Å². The molecule has 0 saturated carbocycles. The Hall–Kier alpha value is -4.94. The third-order valence-corrected chi connectivity index (χ3v) is 7.90. The number of benzene rings is 8. The number of fused-ring (bicyclic) bond motifs is 2. The zero-order valence-corrected chi connectivity index (χ0v) is 20.9. The van der Waals surface area contributed by atoms with Gasteiger partial charge in [-0.2, -0.15) is 0 Å². The van der Waals surface area contributed by atoms with E-state index in [1.165, 1.54) is 76.1 Å². The molecule has 0 bridgehead atoms. The van der Waals surface area contributed by atoms with Crippen LogP contribution < -0.4 is 0 Å². The third kappa shape index (κ3) is 3.46. The molecule has 8 rings (SSSR count).